The number of sulfonamides is 1. The van der Waals surface area contributed by atoms with Crippen LogP contribution in [0.5, 0.6) is 0 Å². The van der Waals surface area contributed by atoms with E-state index in [0.717, 1.165) is 19.3 Å². The van der Waals surface area contributed by atoms with Crippen molar-refractivity contribution >= 4 is 15.9 Å². The lowest BCUT2D eigenvalue weighted by Gasteiger charge is -2.35. The highest BCUT2D eigenvalue weighted by molar-refractivity contribution is 7.89. The Morgan fingerprint density at radius 1 is 1.25 bits per heavy atom. The van der Waals surface area contributed by atoms with Crippen LogP contribution in [0.4, 0.5) is 4.39 Å². The Morgan fingerprint density at radius 2 is 2.00 bits per heavy atom. The highest BCUT2D eigenvalue weighted by Gasteiger charge is 2.43. The van der Waals surface area contributed by atoms with Gasteiger partial charge in [-0.1, -0.05) is 6.92 Å². The Balaban J connectivity index is 1.94. The number of rotatable bonds is 4. The highest BCUT2D eigenvalue weighted by atomic mass is 32.2. The first-order chi connectivity index (χ1) is 11.3. The van der Waals surface area contributed by atoms with Crippen molar-refractivity contribution in [1.29, 1.82) is 0 Å². The summed E-state index contributed by atoms with van der Waals surface area (Å²) < 4.78 is 40.8. The average molecular weight is 354 g/mol. The molecule has 0 saturated carbocycles. The number of amides is 1. The lowest BCUT2D eigenvalue weighted by molar-refractivity contribution is -0.139. The zero-order chi connectivity index (χ0) is 17.5. The number of carbonyl (C=O) groups is 1. The first-order valence-electron chi connectivity index (χ1n) is 8.41. The number of piperidine rings is 1. The molecular weight excluding hydrogens is 331 g/mol. The summed E-state index contributed by atoms with van der Waals surface area (Å²) in [4.78, 5) is 14.5. The molecule has 1 amide bonds. The second-order valence-electron chi connectivity index (χ2n) is 6.69. The van der Waals surface area contributed by atoms with Crippen molar-refractivity contribution in [2.75, 3.05) is 19.6 Å². The molecule has 3 fully saturated rings. The first kappa shape index (κ1) is 17.4. The minimum atomic E-state index is -3.73. The number of fused-ring (bicyclic) bond motifs is 4. The summed E-state index contributed by atoms with van der Waals surface area (Å²) in [5.74, 6) is -0.654. The second-order valence-corrected chi connectivity index (χ2v) is 8.60. The van der Waals surface area contributed by atoms with Gasteiger partial charge in [0.1, 0.15) is 5.82 Å². The van der Waals surface area contributed by atoms with E-state index < -0.39 is 15.8 Å². The molecule has 0 aromatic heterocycles. The van der Waals surface area contributed by atoms with Gasteiger partial charge in [0.15, 0.2) is 0 Å². The number of carbonyl (C=O) groups excluding carboxylic acids is 1. The quantitative estimate of drug-likeness (QED) is 0.832. The minimum Gasteiger partial charge on any atom is -0.338 e. The van der Waals surface area contributed by atoms with Gasteiger partial charge in [-0.05, 0) is 49.9 Å². The molecule has 1 aromatic rings. The third kappa shape index (κ3) is 2.95. The monoisotopic (exact) mass is 354 g/mol. The molecule has 2 unspecified atom stereocenters. The third-order valence-corrected chi connectivity index (χ3v) is 6.97. The summed E-state index contributed by atoms with van der Waals surface area (Å²) in [6.45, 7) is 4.82. The lowest BCUT2D eigenvalue weighted by atomic mass is 9.94. The van der Waals surface area contributed by atoms with Crippen molar-refractivity contribution in [3.8, 4) is 0 Å². The molecule has 0 aliphatic carbocycles. The molecule has 3 saturated heterocycles. The van der Waals surface area contributed by atoms with Gasteiger partial charge in [-0.15, -0.1) is 0 Å². The molecule has 0 N–H and O–H groups in total. The molecule has 3 aliphatic rings. The molecule has 2 bridgehead atoms. The summed E-state index contributed by atoms with van der Waals surface area (Å²) in [6.07, 6.45) is 2.43. The largest absolute Gasteiger partial charge is 0.338 e. The Kier molecular flexibility index (Phi) is 4.66. The number of halogens is 1. The van der Waals surface area contributed by atoms with Gasteiger partial charge in [0.05, 0.1) is 10.8 Å². The first-order valence-corrected chi connectivity index (χ1v) is 9.85. The second kappa shape index (κ2) is 6.44. The van der Waals surface area contributed by atoms with E-state index in [0.29, 0.717) is 18.7 Å². The summed E-state index contributed by atoms with van der Waals surface area (Å²) in [7, 11) is -3.73. The molecular formula is C17H23FN2O3S. The van der Waals surface area contributed by atoms with Crippen molar-refractivity contribution in [2.24, 2.45) is 5.92 Å². The molecule has 0 spiro atoms. The van der Waals surface area contributed by atoms with Crippen LogP contribution in [0.15, 0.2) is 23.1 Å². The van der Waals surface area contributed by atoms with Crippen LogP contribution in [0.1, 0.15) is 31.7 Å². The predicted octanol–water partition coefficient (Wildman–Crippen LogP) is 2.16. The van der Waals surface area contributed by atoms with Gasteiger partial charge in [0.25, 0.3) is 0 Å². The fourth-order valence-electron chi connectivity index (χ4n) is 3.77. The molecule has 1 aromatic carbocycles. The van der Waals surface area contributed by atoms with Crippen LogP contribution < -0.4 is 0 Å². The van der Waals surface area contributed by atoms with Gasteiger partial charge in [-0.2, -0.15) is 4.31 Å². The summed E-state index contributed by atoms with van der Waals surface area (Å²) in [6, 6.07) is 3.65. The SMILES string of the molecule is CCCN1C(=O)C2CCC1CN(S(=O)(=O)c1ccc(F)cc1C)C2. The van der Waals surface area contributed by atoms with E-state index in [1.165, 1.54) is 22.5 Å². The maximum atomic E-state index is 13.3. The fourth-order valence-corrected chi connectivity index (χ4v) is 5.50. The summed E-state index contributed by atoms with van der Waals surface area (Å²) >= 11 is 0. The van der Waals surface area contributed by atoms with Crippen LogP contribution in [0.2, 0.25) is 0 Å². The zero-order valence-electron chi connectivity index (χ0n) is 14.0. The van der Waals surface area contributed by atoms with E-state index in [-0.39, 0.29) is 29.3 Å². The van der Waals surface area contributed by atoms with Crippen LogP contribution >= 0.6 is 0 Å². The van der Waals surface area contributed by atoms with Gasteiger partial charge < -0.3 is 4.90 Å². The number of nitrogens with zero attached hydrogens (tertiary/aromatic N) is 2. The van der Waals surface area contributed by atoms with E-state index in [9.17, 15) is 17.6 Å². The van der Waals surface area contributed by atoms with Gasteiger partial charge in [0, 0.05) is 25.7 Å². The fraction of sp³-hybridized carbons (Fsp3) is 0.588. The van der Waals surface area contributed by atoms with E-state index in [2.05, 4.69) is 0 Å². The van der Waals surface area contributed by atoms with Crippen molar-refractivity contribution < 1.29 is 17.6 Å². The van der Waals surface area contributed by atoms with Crippen LogP contribution in [0, 0.1) is 18.7 Å². The molecule has 132 valence electrons. The van der Waals surface area contributed by atoms with Crippen LogP contribution in [-0.2, 0) is 14.8 Å². The van der Waals surface area contributed by atoms with Crippen molar-refractivity contribution in [3.63, 3.8) is 0 Å². The number of benzene rings is 1. The molecule has 2 atom stereocenters. The Labute approximate surface area is 142 Å². The van der Waals surface area contributed by atoms with Gasteiger partial charge in [-0.25, -0.2) is 12.8 Å². The van der Waals surface area contributed by atoms with Crippen LogP contribution in [-0.4, -0.2) is 49.2 Å². The zero-order valence-corrected chi connectivity index (χ0v) is 14.9. The maximum absolute atomic E-state index is 13.3. The number of hydrogen-bond donors (Lipinski definition) is 0. The van der Waals surface area contributed by atoms with E-state index >= 15 is 0 Å². The van der Waals surface area contributed by atoms with Crippen LogP contribution in [0.25, 0.3) is 0 Å². The van der Waals surface area contributed by atoms with Crippen molar-refractivity contribution in [2.45, 2.75) is 44.0 Å². The topological polar surface area (TPSA) is 57.7 Å². The van der Waals surface area contributed by atoms with Crippen LogP contribution in [0.3, 0.4) is 0 Å². The standard InChI is InChI=1S/C17H23FN2O3S/c1-3-8-20-15-6-4-13(17(20)21)10-19(11-15)24(22,23)16-7-5-14(18)9-12(16)2/h5,7,9,13,15H,3-4,6,8,10-11H2,1-2H3. The maximum Gasteiger partial charge on any atom is 0.243 e. The number of aryl methyl sites for hydroxylation is 1. The van der Waals surface area contributed by atoms with Crippen molar-refractivity contribution in [1.82, 2.24) is 9.21 Å². The summed E-state index contributed by atoms with van der Waals surface area (Å²) in [5, 5.41) is 0. The van der Waals surface area contributed by atoms with Crippen molar-refractivity contribution in [3.05, 3.63) is 29.6 Å². The molecule has 0 radical (unpaired) electrons. The predicted molar refractivity (Wildman–Crippen MR) is 88.4 cm³/mol. The molecule has 3 heterocycles. The van der Waals surface area contributed by atoms with E-state index in [1.54, 1.807) is 6.92 Å². The number of hydrogen-bond acceptors (Lipinski definition) is 3. The van der Waals surface area contributed by atoms with Gasteiger partial charge in [0.2, 0.25) is 15.9 Å². The molecule has 5 nitrogen and oxygen atoms in total. The third-order valence-electron chi connectivity index (χ3n) is 4.98. The smallest absolute Gasteiger partial charge is 0.243 e. The Hall–Kier alpha value is -1.47. The van der Waals surface area contributed by atoms with Gasteiger partial charge >= 0.3 is 0 Å². The van der Waals surface area contributed by atoms with Gasteiger partial charge in [-0.3, -0.25) is 4.79 Å². The normalized spacial score (nSPS) is 25.1. The Morgan fingerprint density at radius 3 is 2.67 bits per heavy atom. The molecule has 7 heteroatoms. The molecule has 4 rings (SSSR count). The Bertz CT molecular complexity index is 750. The minimum absolute atomic E-state index is 0.0632. The average Bonchev–Trinajstić information content (AvgIpc) is 2.81. The molecule has 3 aliphatic heterocycles. The lowest BCUT2D eigenvalue weighted by Crippen LogP contribution is -2.48. The summed E-state index contributed by atoms with van der Waals surface area (Å²) in [5.41, 5.74) is 0.392. The van der Waals surface area contributed by atoms with E-state index in [1.807, 2.05) is 11.8 Å². The highest BCUT2D eigenvalue weighted by Crippen LogP contribution is 2.32. The molecule has 24 heavy (non-hydrogen) atoms. The van der Waals surface area contributed by atoms with E-state index in [4.69, 9.17) is 0 Å².